The fraction of sp³-hybridized carbons (Fsp3) is 0.462. The molecule has 1 N–H and O–H groups in total. The molecule has 1 saturated carbocycles. The van der Waals surface area contributed by atoms with Gasteiger partial charge >= 0.3 is 0 Å². The van der Waals surface area contributed by atoms with Crippen molar-refractivity contribution in [3.05, 3.63) is 20.7 Å². The number of rotatable bonds is 3. The van der Waals surface area contributed by atoms with Gasteiger partial charge in [0.25, 0.3) is 0 Å². The van der Waals surface area contributed by atoms with Crippen LogP contribution in [0.5, 0.6) is 0 Å². The summed E-state index contributed by atoms with van der Waals surface area (Å²) in [7, 11) is 1.89. The monoisotopic (exact) mass is 370 g/mol. The van der Waals surface area contributed by atoms with Gasteiger partial charge in [-0.25, -0.2) is 9.97 Å². The average Bonchev–Trinajstić information content (AvgIpc) is 3.17. The maximum atomic E-state index is 5.22. The standard InChI is InChI=1S/C13H15IN4O/c1-6-9(7(2)19-18-6)12-16-11(8-4-5-8)10(14)13(15-3)17-12/h8H,4-5H2,1-3H3,(H,15,16,17). The quantitative estimate of drug-likeness (QED) is 0.841. The molecule has 2 heterocycles. The molecule has 1 aliphatic carbocycles. The Kier molecular flexibility index (Phi) is 3.20. The summed E-state index contributed by atoms with van der Waals surface area (Å²) < 4.78 is 6.34. The lowest BCUT2D eigenvalue weighted by Crippen LogP contribution is -2.05. The lowest BCUT2D eigenvalue weighted by atomic mass is 10.2. The van der Waals surface area contributed by atoms with Crippen molar-refractivity contribution < 1.29 is 4.52 Å². The molecule has 3 rings (SSSR count). The topological polar surface area (TPSA) is 63.8 Å². The van der Waals surface area contributed by atoms with E-state index >= 15 is 0 Å². The van der Waals surface area contributed by atoms with Gasteiger partial charge in [-0.2, -0.15) is 0 Å². The molecule has 0 aromatic carbocycles. The molecule has 5 nitrogen and oxygen atoms in total. The predicted octanol–water partition coefficient (Wildman–Crippen LogP) is 3.27. The molecular weight excluding hydrogens is 355 g/mol. The molecule has 0 amide bonds. The predicted molar refractivity (Wildman–Crippen MR) is 81.2 cm³/mol. The zero-order valence-corrected chi connectivity index (χ0v) is 13.3. The Hall–Kier alpha value is -1.18. The van der Waals surface area contributed by atoms with Crippen molar-refractivity contribution in [2.75, 3.05) is 12.4 Å². The smallest absolute Gasteiger partial charge is 0.167 e. The highest BCUT2D eigenvalue weighted by atomic mass is 127. The van der Waals surface area contributed by atoms with E-state index < -0.39 is 0 Å². The van der Waals surface area contributed by atoms with Gasteiger partial charge < -0.3 is 9.84 Å². The molecule has 0 radical (unpaired) electrons. The summed E-state index contributed by atoms with van der Waals surface area (Å²) >= 11 is 2.32. The first kappa shape index (κ1) is 12.8. The fourth-order valence-electron chi connectivity index (χ4n) is 2.17. The summed E-state index contributed by atoms with van der Waals surface area (Å²) in [6.07, 6.45) is 2.44. The van der Waals surface area contributed by atoms with E-state index in [1.807, 2.05) is 20.9 Å². The van der Waals surface area contributed by atoms with Crippen LogP contribution in [0.4, 0.5) is 5.82 Å². The van der Waals surface area contributed by atoms with Crippen molar-refractivity contribution in [2.24, 2.45) is 0 Å². The molecule has 0 saturated heterocycles. The molecule has 1 fully saturated rings. The summed E-state index contributed by atoms with van der Waals surface area (Å²) in [4.78, 5) is 9.34. The van der Waals surface area contributed by atoms with Crippen molar-refractivity contribution >= 4 is 28.4 Å². The fourth-order valence-corrected chi connectivity index (χ4v) is 3.12. The second kappa shape index (κ2) is 4.73. The Balaban J connectivity index is 2.19. The number of aryl methyl sites for hydroxylation is 2. The first-order valence-electron chi connectivity index (χ1n) is 6.30. The van der Waals surface area contributed by atoms with Gasteiger partial charge in [0.05, 0.1) is 20.5 Å². The lowest BCUT2D eigenvalue weighted by molar-refractivity contribution is 0.393. The third-order valence-corrected chi connectivity index (χ3v) is 4.40. The van der Waals surface area contributed by atoms with Crippen LogP contribution < -0.4 is 5.32 Å². The summed E-state index contributed by atoms with van der Waals surface area (Å²) in [6, 6.07) is 0. The molecule has 0 atom stereocenters. The van der Waals surface area contributed by atoms with E-state index in [2.05, 4.69) is 38.0 Å². The minimum atomic E-state index is 0.584. The van der Waals surface area contributed by atoms with Crippen LogP contribution in [0.1, 0.15) is 35.9 Å². The summed E-state index contributed by atoms with van der Waals surface area (Å²) in [5, 5.41) is 7.13. The third kappa shape index (κ3) is 2.22. The number of nitrogens with zero attached hydrogens (tertiary/aromatic N) is 3. The van der Waals surface area contributed by atoms with Crippen LogP contribution in [0.3, 0.4) is 0 Å². The van der Waals surface area contributed by atoms with Crippen LogP contribution in [0.25, 0.3) is 11.4 Å². The van der Waals surface area contributed by atoms with E-state index in [4.69, 9.17) is 9.51 Å². The van der Waals surface area contributed by atoms with Gasteiger partial charge in [0.15, 0.2) is 5.82 Å². The SMILES string of the molecule is CNc1nc(-c2c(C)noc2C)nc(C2CC2)c1I. The second-order valence-corrected chi connectivity index (χ2v) is 5.90. The first-order valence-corrected chi connectivity index (χ1v) is 7.38. The number of hydrogen-bond acceptors (Lipinski definition) is 5. The Morgan fingerprint density at radius 3 is 2.53 bits per heavy atom. The van der Waals surface area contributed by atoms with Crippen molar-refractivity contribution in [1.82, 2.24) is 15.1 Å². The van der Waals surface area contributed by atoms with Crippen LogP contribution in [0, 0.1) is 17.4 Å². The number of anilines is 1. The minimum absolute atomic E-state index is 0.584. The van der Waals surface area contributed by atoms with Gasteiger partial charge in [-0.05, 0) is 49.3 Å². The van der Waals surface area contributed by atoms with Gasteiger partial charge in [0.1, 0.15) is 11.6 Å². The summed E-state index contributed by atoms with van der Waals surface area (Å²) in [5.41, 5.74) is 2.90. The number of halogens is 1. The Morgan fingerprint density at radius 1 is 1.26 bits per heavy atom. The minimum Gasteiger partial charge on any atom is -0.372 e. The van der Waals surface area contributed by atoms with Crippen molar-refractivity contribution in [1.29, 1.82) is 0 Å². The Labute approximate surface area is 125 Å². The molecule has 0 bridgehead atoms. The van der Waals surface area contributed by atoms with Gasteiger partial charge in [-0.1, -0.05) is 5.16 Å². The van der Waals surface area contributed by atoms with Crippen LogP contribution in [-0.2, 0) is 0 Å². The highest BCUT2D eigenvalue weighted by Crippen LogP contribution is 2.43. The molecule has 0 unspecified atom stereocenters. The maximum absolute atomic E-state index is 5.22. The van der Waals surface area contributed by atoms with Crippen molar-refractivity contribution in [2.45, 2.75) is 32.6 Å². The van der Waals surface area contributed by atoms with Gasteiger partial charge in [0.2, 0.25) is 0 Å². The molecule has 100 valence electrons. The average molecular weight is 370 g/mol. The van der Waals surface area contributed by atoms with Gasteiger partial charge in [-0.15, -0.1) is 0 Å². The maximum Gasteiger partial charge on any atom is 0.167 e. The van der Waals surface area contributed by atoms with E-state index in [9.17, 15) is 0 Å². The van der Waals surface area contributed by atoms with E-state index in [-0.39, 0.29) is 0 Å². The molecular formula is C13H15IN4O. The number of hydrogen-bond donors (Lipinski definition) is 1. The van der Waals surface area contributed by atoms with E-state index in [1.165, 1.54) is 12.8 Å². The highest BCUT2D eigenvalue weighted by Gasteiger charge is 2.30. The lowest BCUT2D eigenvalue weighted by Gasteiger charge is -2.10. The largest absolute Gasteiger partial charge is 0.372 e. The molecule has 0 spiro atoms. The summed E-state index contributed by atoms with van der Waals surface area (Å²) in [6.45, 7) is 3.81. The molecule has 1 aliphatic rings. The van der Waals surface area contributed by atoms with Gasteiger partial charge in [0, 0.05) is 13.0 Å². The second-order valence-electron chi connectivity index (χ2n) is 4.82. The van der Waals surface area contributed by atoms with Crippen LogP contribution >= 0.6 is 22.6 Å². The Bertz CT molecular complexity index is 614. The molecule has 0 aliphatic heterocycles. The first-order chi connectivity index (χ1) is 9.11. The van der Waals surface area contributed by atoms with E-state index in [1.54, 1.807) is 0 Å². The van der Waals surface area contributed by atoms with Crippen LogP contribution in [0.15, 0.2) is 4.52 Å². The Morgan fingerprint density at radius 2 is 2.00 bits per heavy atom. The third-order valence-electron chi connectivity index (χ3n) is 3.33. The molecule has 2 aromatic heterocycles. The summed E-state index contributed by atoms with van der Waals surface area (Å²) in [5.74, 6) is 2.94. The van der Waals surface area contributed by atoms with E-state index in [0.29, 0.717) is 11.7 Å². The van der Waals surface area contributed by atoms with Gasteiger partial charge in [-0.3, -0.25) is 0 Å². The zero-order chi connectivity index (χ0) is 13.6. The highest BCUT2D eigenvalue weighted by molar-refractivity contribution is 14.1. The number of aromatic nitrogens is 3. The van der Waals surface area contributed by atoms with Crippen LogP contribution in [-0.4, -0.2) is 22.2 Å². The normalized spacial score (nSPS) is 14.7. The van der Waals surface area contributed by atoms with Crippen molar-refractivity contribution in [3.8, 4) is 11.4 Å². The van der Waals surface area contributed by atoms with E-state index in [0.717, 1.165) is 32.1 Å². The van der Waals surface area contributed by atoms with Crippen LogP contribution in [0.2, 0.25) is 0 Å². The molecule has 6 heteroatoms. The van der Waals surface area contributed by atoms with Crippen molar-refractivity contribution in [3.63, 3.8) is 0 Å². The zero-order valence-electron chi connectivity index (χ0n) is 11.1. The number of nitrogens with one attached hydrogen (secondary N) is 1. The molecule has 2 aromatic rings. The molecule has 19 heavy (non-hydrogen) atoms.